The number of rotatable bonds is 8. The molecule has 0 amide bonds. The van der Waals surface area contributed by atoms with Crippen LogP contribution in [0.5, 0.6) is 0 Å². The number of ether oxygens (including phenoxy) is 4. The van der Waals surface area contributed by atoms with E-state index in [9.17, 15) is 0 Å². The van der Waals surface area contributed by atoms with E-state index >= 15 is 0 Å². The second-order valence-electron chi connectivity index (χ2n) is 36.8. The first-order chi connectivity index (χ1) is 56.3. The summed E-state index contributed by atoms with van der Waals surface area (Å²) in [5, 5.41) is 0. The fraction of sp³-hybridized carbons (Fsp3) is 0.538. The molecule has 16 heteroatoms. The number of likely N-dealkylation sites (N-methyl/N-ethyl adjacent to an activating group) is 8. The van der Waals surface area contributed by atoms with Gasteiger partial charge in [-0.1, -0.05) is 235 Å². The van der Waals surface area contributed by atoms with Gasteiger partial charge in [0.05, 0.1) is 0 Å². The number of benzene rings is 8. The molecule has 0 atom stereocenters. The van der Waals surface area contributed by atoms with Gasteiger partial charge in [0.25, 0.3) is 0 Å². The molecule has 0 aromatic heterocycles. The van der Waals surface area contributed by atoms with Gasteiger partial charge in [0.2, 0.25) is 0 Å². The fourth-order valence-corrected chi connectivity index (χ4v) is 18.1. The van der Waals surface area contributed by atoms with Crippen molar-refractivity contribution < 1.29 is 116 Å². The molecule has 0 radical (unpaired) electrons. The van der Waals surface area contributed by atoms with E-state index in [1.807, 2.05) is 0 Å². The zero-order chi connectivity index (χ0) is 85.9. The van der Waals surface area contributed by atoms with E-state index in [1.165, 1.54) is 289 Å². The predicted octanol–water partition coefficient (Wildman–Crippen LogP) is 13.9. The van der Waals surface area contributed by atoms with Gasteiger partial charge in [-0.2, -0.15) is 43.7 Å². The minimum Gasteiger partial charge on any atom is -1.00 e. The van der Waals surface area contributed by atoms with Crippen molar-refractivity contribution in [1.29, 1.82) is 0 Å². The third-order valence-corrected chi connectivity index (χ3v) is 24.2. The minimum absolute atomic E-state index is 0. The second-order valence-corrected chi connectivity index (χ2v) is 36.8. The molecule has 6 aliphatic rings. The average molecular weight is 1960 g/mol. The summed E-state index contributed by atoms with van der Waals surface area (Å²) >= 11 is 0. The van der Waals surface area contributed by atoms with Crippen molar-refractivity contribution in [3.63, 3.8) is 0 Å². The number of nitrogens with zero attached hydrogens (tertiary/aromatic N) is 8. The van der Waals surface area contributed by atoms with E-state index in [2.05, 4.69) is 352 Å². The third kappa shape index (κ3) is 36.7. The van der Waals surface area contributed by atoms with Crippen LogP contribution in [0.4, 0.5) is 0 Å². The van der Waals surface area contributed by atoms with Crippen LogP contribution < -0.4 is 43.7 Å². The molecule has 6 fully saturated rings. The fourth-order valence-electron chi connectivity index (χ4n) is 18.1. The van der Waals surface area contributed by atoms with Gasteiger partial charge < -0.3 is 61.0 Å². The van der Waals surface area contributed by atoms with Crippen LogP contribution in [0.3, 0.4) is 0 Å². The third-order valence-electron chi connectivity index (χ3n) is 24.2. The molecule has 14 rings (SSSR count). The number of hydrogen-bond donors (Lipinski definition) is 0. The SMILES string of the molecule is C1CCOC1.C1CCOC1.C1CCOC1.C1CCOC1.CN1CCN(C)CCN(C)CCN(C)CC1.CN1CCN(C)CCN(C)CCN(C)CC1.Cc1cc(C)cc([B-](c2cc(C)cc(C)c2)(c2cc(C)cc(C)c2)c2cc(C)cc(C)c2)c1.Cc1cc(C)cc([B-](c2cc(C)cc(C)c2)(c2cc(C)cc(C)c2)c2cc(C)cc(C)c2)c1.[H-].[H-].[Yb+2].[Yb+2]. The first-order valence-electron chi connectivity index (χ1n) is 45.1. The van der Waals surface area contributed by atoms with Gasteiger partial charge >= 0.3 is 93.8 Å². The number of aryl methyl sites for hydroxylation is 16. The summed E-state index contributed by atoms with van der Waals surface area (Å²) in [5.41, 5.74) is 32.2. The Hall–Kier alpha value is -3.55. The van der Waals surface area contributed by atoms with Crippen molar-refractivity contribution in [2.24, 2.45) is 0 Å². The van der Waals surface area contributed by atoms with Crippen molar-refractivity contribution >= 4 is 56.0 Å². The first-order valence-corrected chi connectivity index (χ1v) is 45.1. The maximum absolute atomic E-state index is 4.94. The van der Waals surface area contributed by atoms with E-state index in [1.54, 1.807) is 0 Å². The van der Waals surface area contributed by atoms with Gasteiger partial charge in [0, 0.05) is 158 Å². The second kappa shape index (κ2) is 55.9. The Balaban J connectivity index is 0.000000397. The molecule has 8 aromatic rings. The van der Waals surface area contributed by atoms with Gasteiger partial charge in [0.15, 0.2) is 0 Å². The standard InChI is InChI=1S/2C32H36B.2C12H28N4.4C4H8O.2Yb.2H/c2*1-21-9-22(2)14-29(13-21)33(30-15-23(3)10-24(4)16-30,31-17-25(5)11-26(6)18-31)32-19-27(7)12-28(8)20-32;2*1-13-5-7-14(2)9-11-16(4)12-10-15(3)8-6-13;4*1-2-4-5-3-1;;;;/h2*9-20H,1-8H3;2*5-12H2,1-4H3;4*1-4H2;;;;/q2*-1;;;;;;;2*+2;2*-1. The zero-order valence-corrected chi connectivity index (χ0v) is 82.8. The Bertz CT molecular complexity index is 3290. The zero-order valence-electron chi connectivity index (χ0n) is 81.4. The normalized spacial score (nSPS) is 17.4. The summed E-state index contributed by atoms with van der Waals surface area (Å²) in [6.45, 7) is 62.4. The van der Waals surface area contributed by atoms with Crippen molar-refractivity contribution in [2.75, 3.05) is 214 Å². The van der Waals surface area contributed by atoms with Crippen LogP contribution in [0.25, 0.3) is 0 Å². The molecule has 6 aliphatic heterocycles. The van der Waals surface area contributed by atoms with E-state index in [0.29, 0.717) is 0 Å². The number of hydrogen-bond acceptors (Lipinski definition) is 12. The maximum atomic E-state index is 4.94. The Labute approximate surface area is 813 Å². The van der Waals surface area contributed by atoms with Crippen LogP contribution in [0.2, 0.25) is 0 Å². The summed E-state index contributed by atoms with van der Waals surface area (Å²) in [6.07, 6.45) is 7.48. The van der Waals surface area contributed by atoms with Crippen LogP contribution in [0.1, 0.15) is 143 Å². The molecule has 6 heterocycles. The maximum Gasteiger partial charge on any atom is 2.00 e. The monoisotopic (exact) mass is 1960 g/mol. The van der Waals surface area contributed by atoms with E-state index in [4.69, 9.17) is 18.9 Å². The minimum atomic E-state index is -1.37. The van der Waals surface area contributed by atoms with E-state index in [-0.39, 0.29) is 96.7 Å². The molecule has 0 saturated carbocycles. The quantitative estimate of drug-likeness (QED) is 0.136. The van der Waals surface area contributed by atoms with Gasteiger partial charge in [-0.15, -0.1) is 0 Å². The Morgan fingerprint density at radius 3 is 0.317 bits per heavy atom. The van der Waals surface area contributed by atoms with Gasteiger partial charge in [-0.05, 0) is 219 Å². The van der Waals surface area contributed by atoms with Gasteiger partial charge in [0.1, 0.15) is 12.3 Å². The van der Waals surface area contributed by atoms with Crippen molar-refractivity contribution in [1.82, 2.24) is 39.2 Å². The van der Waals surface area contributed by atoms with Crippen molar-refractivity contribution in [3.8, 4) is 0 Å². The smallest absolute Gasteiger partial charge is 1.00 e. The molecule has 676 valence electrons. The molecule has 0 N–H and O–H groups in total. The summed E-state index contributed by atoms with van der Waals surface area (Å²) in [5.74, 6) is 0. The van der Waals surface area contributed by atoms with E-state index in [0.717, 1.165) is 52.9 Å². The topological polar surface area (TPSA) is 62.8 Å². The summed E-state index contributed by atoms with van der Waals surface area (Å²) in [7, 11) is 17.8. The Morgan fingerprint density at radius 2 is 0.250 bits per heavy atom. The van der Waals surface area contributed by atoms with Gasteiger partial charge in [-0.3, -0.25) is 0 Å². The molecular weight excluding hydrogens is 1790 g/mol. The molecule has 12 nitrogen and oxygen atoms in total. The van der Waals surface area contributed by atoms with Crippen LogP contribution in [-0.4, -0.2) is 265 Å². The Kier molecular flexibility index (Phi) is 49.9. The molecular formula is C104H162B2N8O4Yb2. The summed E-state index contributed by atoms with van der Waals surface area (Å²) in [4.78, 5) is 19.4. The average Bonchev–Trinajstić information content (AvgIpc) is 0.922. The molecule has 0 bridgehead atoms. The van der Waals surface area contributed by atoms with E-state index < -0.39 is 12.3 Å². The largest absolute Gasteiger partial charge is 2.00 e. The van der Waals surface area contributed by atoms with Crippen LogP contribution in [-0.2, 0) is 18.9 Å². The van der Waals surface area contributed by atoms with Crippen molar-refractivity contribution in [3.05, 3.63) is 235 Å². The van der Waals surface area contributed by atoms with Crippen molar-refractivity contribution in [2.45, 2.75) is 162 Å². The summed E-state index contributed by atoms with van der Waals surface area (Å²) < 4.78 is 19.8. The molecule has 0 unspecified atom stereocenters. The molecule has 8 aromatic carbocycles. The van der Waals surface area contributed by atoms with Crippen LogP contribution in [0.15, 0.2) is 146 Å². The van der Waals surface area contributed by atoms with Gasteiger partial charge in [-0.25, -0.2) is 0 Å². The molecule has 120 heavy (non-hydrogen) atoms. The van der Waals surface area contributed by atoms with Crippen LogP contribution >= 0.6 is 0 Å². The summed E-state index contributed by atoms with van der Waals surface area (Å²) in [6, 6.07) is 57.0. The molecule has 0 spiro atoms. The molecule has 0 aliphatic carbocycles. The van der Waals surface area contributed by atoms with Crippen LogP contribution in [0, 0.1) is 205 Å². The Morgan fingerprint density at radius 1 is 0.167 bits per heavy atom. The first kappa shape index (κ1) is 107. The molecule has 6 saturated heterocycles. The predicted molar refractivity (Wildman–Crippen MR) is 518 cm³/mol.